The summed E-state index contributed by atoms with van der Waals surface area (Å²) in [5, 5.41) is 19.8. The molecule has 3 aromatic rings. The van der Waals surface area contributed by atoms with E-state index in [-0.39, 0.29) is 17.6 Å². The van der Waals surface area contributed by atoms with Crippen LogP contribution < -0.4 is 10.2 Å². The molecule has 5 heterocycles. The lowest BCUT2D eigenvalue weighted by atomic mass is 9.90. The van der Waals surface area contributed by atoms with Crippen LogP contribution in [0.25, 0.3) is 5.57 Å². The number of aromatic amines is 1. The standard InChI is InChI=1S/C29H34FN7O2/c30-25-14-22(17-32-28(25)37-10-6-23(38)7-11-37)33-29(39)27-24-13-20(4-5-26(24)34-35-27)21-12-19(15-31-16-21)18-36-8-2-1-3-9-36/h4,12,14-17,23,38H,1-3,5-11,13,18H2,(H,33,39)(H,34,35). The van der Waals surface area contributed by atoms with Crippen molar-refractivity contribution in [1.29, 1.82) is 0 Å². The van der Waals surface area contributed by atoms with Crippen LogP contribution in [-0.4, -0.2) is 68.4 Å². The zero-order chi connectivity index (χ0) is 26.8. The second kappa shape index (κ2) is 11.2. The van der Waals surface area contributed by atoms with Crippen LogP contribution >= 0.6 is 0 Å². The average Bonchev–Trinajstić information content (AvgIpc) is 3.38. The molecule has 0 radical (unpaired) electrons. The molecule has 0 atom stereocenters. The van der Waals surface area contributed by atoms with Gasteiger partial charge in [-0.05, 0) is 61.5 Å². The third-order valence-corrected chi connectivity index (χ3v) is 7.95. The molecule has 1 amide bonds. The number of rotatable bonds is 6. The van der Waals surface area contributed by atoms with E-state index < -0.39 is 11.7 Å². The van der Waals surface area contributed by atoms with Crippen LogP contribution in [0.4, 0.5) is 15.9 Å². The highest BCUT2D eigenvalue weighted by Gasteiger charge is 2.25. The minimum Gasteiger partial charge on any atom is -0.393 e. The number of carbonyl (C=O) groups excluding carboxylic acids is 1. The number of carbonyl (C=O) groups is 1. The fourth-order valence-corrected chi connectivity index (χ4v) is 5.78. The van der Waals surface area contributed by atoms with E-state index in [1.54, 1.807) is 0 Å². The predicted octanol–water partition coefficient (Wildman–Crippen LogP) is 3.72. The number of piperidine rings is 2. The summed E-state index contributed by atoms with van der Waals surface area (Å²) in [5.74, 6) is -0.667. The van der Waals surface area contributed by atoms with Crippen molar-refractivity contribution in [2.75, 3.05) is 36.4 Å². The van der Waals surface area contributed by atoms with Crippen molar-refractivity contribution in [3.05, 3.63) is 70.7 Å². The van der Waals surface area contributed by atoms with Crippen LogP contribution in [0.2, 0.25) is 0 Å². The molecule has 0 unspecified atom stereocenters. The molecular formula is C29H34FN7O2. The summed E-state index contributed by atoms with van der Waals surface area (Å²) < 4.78 is 14.9. The van der Waals surface area contributed by atoms with Gasteiger partial charge in [0.1, 0.15) is 0 Å². The van der Waals surface area contributed by atoms with Gasteiger partial charge in [-0.3, -0.25) is 19.8 Å². The highest BCUT2D eigenvalue weighted by atomic mass is 19.1. The molecule has 3 N–H and O–H groups in total. The molecule has 9 nitrogen and oxygen atoms in total. The summed E-state index contributed by atoms with van der Waals surface area (Å²) in [7, 11) is 0. The van der Waals surface area contributed by atoms with Crippen molar-refractivity contribution in [3.63, 3.8) is 0 Å². The van der Waals surface area contributed by atoms with Crippen molar-refractivity contribution in [2.24, 2.45) is 0 Å². The average molecular weight is 532 g/mol. The van der Waals surface area contributed by atoms with Crippen LogP contribution in [0.5, 0.6) is 0 Å². The molecule has 0 aromatic carbocycles. The normalized spacial score (nSPS) is 18.5. The second-order valence-electron chi connectivity index (χ2n) is 10.8. The van der Waals surface area contributed by atoms with E-state index in [2.05, 4.69) is 42.5 Å². The first-order valence-electron chi connectivity index (χ1n) is 13.8. The van der Waals surface area contributed by atoms with Gasteiger partial charge in [0.15, 0.2) is 17.3 Å². The molecule has 2 saturated heterocycles. The van der Waals surface area contributed by atoms with Crippen molar-refractivity contribution in [1.82, 2.24) is 25.1 Å². The molecule has 2 aliphatic heterocycles. The van der Waals surface area contributed by atoms with Crippen LogP contribution in [0.15, 0.2) is 36.8 Å². The van der Waals surface area contributed by atoms with E-state index in [1.807, 2.05) is 17.3 Å². The van der Waals surface area contributed by atoms with Gasteiger partial charge < -0.3 is 15.3 Å². The summed E-state index contributed by atoms with van der Waals surface area (Å²) in [6.07, 6.45) is 13.3. The third-order valence-electron chi connectivity index (χ3n) is 7.95. The Bertz CT molecular complexity index is 1370. The minimum atomic E-state index is -0.504. The highest BCUT2D eigenvalue weighted by molar-refractivity contribution is 6.04. The van der Waals surface area contributed by atoms with E-state index in [1.165, 1.54) is 37.1 Å². The molecule has 10 heteroatoms. The first kappa shape index (κ1) is 25.6. The Morgan fingerprint density at radius 3 is 2.72 bits per heavy atom. The quantitative estimate of drug-likeness (QED) is 0.445. The summed E-state index contributed by atoms with van der Waals surface area (Å²) in [6, 6.07) is 3.49. The number of aliphatic hydroxyl groups is 1. The Hall–Kier alpha value is -3.63. The Kier molecular flexibility index (Phi) is 7.38. The lowest BCUT2D eigenvalue weighted by molar-refractivity contribution is 0.102. The van der Waals surface area contributed by atoms with Gasteiger partial charge in [0.05, 0.1) is 18.0 Å². The lowest BCUT2D eigenvalue weighted by Crippen LogP contribution is -2.36. The molecule has 2 fully saturated rings. The van der Waals surface area contributed by atoms with E-state index in [0.29, 0.717) is 44.5 Å². The topological polar surface area (TPSA) is 110 Å². The minimum absolute atomic E-state index is 0.239. The Balaban J connectivity index is 1.13. The molecule has 3 aromatic heterocycles. The maximum Gasteiger partial charge on any atom is 0.276 e. The molecular weight excluding hydrogens is 497 g/mol. The van der Waals surface area contributed by atoms with E-state index in [4.69, 9.17) is 0 Å². The number of pyridine rings is 2. The number of anilines is 2. The number of H-pyrrole nitrogens is 1. The summed E-state index contributed by atoms with van der Waals surface area (Å²) in [5.41, 5.74) is 5.73. The second-order valence-corrected chi connectivity index (χ2v) is 10.8. The molecule has 39 heavy (non-hydrogen) atoms. The molecule has 0 bridgehead atoms. The zero-order valence-corrected chi connectivity index (χ0v) is 22.0. The number of aromatic nitrogens is 4. The van der Waals surface area contributed by atoms with Gasteiger partial charge in [0.2, 0.25) is 0 Å². The molecule has 1 aliphatic carbocycles. The number of aliphatic hydroxyl groups excluding tert-OH is 1. The number of nitrogens with zero attached hydrogens (tertiary/aromatic N) is 5. The van der Waals surface area contributed by atoms with Gasteiger partial charge in [0.25, 0.3) is 5.91 Å². The smallest absolute Gasteiger partial charge is 0.276 e. The molecule has 204 valence electrons. The van der Waals surface area contributed by atoms with Gasteiger partial charge in [-0.25, -0.2) is 9.37 Å². The SMILES string of the molecule is O=C(Nc1cnc(N2CCC(O)CC2)c(F)c1)c1n[nH]c2c1CC(c1cncc(CN3CCCCC3)c1)=CC2. The molecule has 0 saturated carbocycles. The monoisotopic (exact) mass is 531 g/mol. The van der Waals surface area contributed by atoms with Gasteiger partial charge >= 0.3 is 0 Å². The number of fused-ring (bicyclic) bond motifs is 1. The van der Waals surface area contributed by atoms with E-state index in [0.717, 1.165) is 42.0 Å². The number of nitrogens with one attached hydrogen (secondary N) is 2. The fourth-order valence-electron chi connectivity index (χ4n) is 5.78. The summed E-state index contributed by atoms with van der Waals surface area (Å²) >= 11 is 0. The number of hydrogen-bond donors (Lipinski definition) is 3. The largest absolute Gasteiger partial charge is 0.393 e. The predicted molar refractivity (Wildman–Crippen MR) is 147 cm³/mol. The van der Waals surface area contributed by atoms with Crippen molar-refractivity contribution >= 4 is 23.0 Å². The Morgan fingerprint density at radius 1 is 1.10 bits per heavy atom. The van der Waals surface area contributed by atoms with Crippen molar-refractivity contribution in [3.8, 4) is 0 Å². The fraction of sp³-hybridized carbons (Fsp3) is 0.448. The van der Waals surface area contributed by atoms with E-state index in [9.17, 15) is 14.3 Å². The van der Waals surface area contributed by atoms with Crippen LogP contribution in [0, 0.1) is 5.82 Å². The maximum atomic E-state index is 14.9. The number of amides is 1. The lowest BCUT2D eigenvalue weighted by Gasteiger charge is -2.30. The zero-order valence-electron chi connectivity index (χ0n) is 22.0. The number of halogens is 1. The molecule has 0 spiro atoms. The van der Waals surface area contributed by atoms with Gasteiger partial charge in [-0.15, -0.1) is 0 Å². The van der Waals surface area contributed by atoms with Gasteiger partial charge in [0, 0.05) is 62.2 Å². The maximum absolute atomic E-state index is 14.9. The summed E-state index contributed by atoms with van der Waals surface area (Å²) in [6.45, 7) is 4.26. The van der Waals surface area contributed by atoms with Crippen LogP contribution in [0.1, 0.15) is 65.0 Å². The highest BCUT2D eigenvalue weighted by Crippen LogP contribution is 2.30. The van der Waals surface area contributed by atoms with Crippen LogP contribution in [-0.2, 0) is 19.4 Å². The molecule has 3 aliphatic rings. The third kappa shape index (κ3) is 5.72. The van der Waals surface area contributed by atoms with Crippen molar-refractivity contribution < 1.29 is 14.3 Å². The Morgan fingerprint density at radius 2 is 1.92 bits per heavy atom. The Labute approximate surface area is 227 Å². The first-order chi connectivity index (χ1) is 19.0. The first-order valence-corrected chi connectivity index (χ1v) is 13.8. The number of hydrogen-bond acceptors (Lipinski definition) is 7. The van der Waals surface area contributed by atoms with Crippen LogP contribution in [0.3, 0.4) is 0 Å². The van der Waals surface area contributed by atoms with Gasteiger partial charge in [-0.1, -0.05) is 12.5 Å². The van der Waals surface area contributed by atoms with Crippen molar-refractivity contribution in [2.45, 2.75) is 57.6 Å². The molecule has 6 rings (SSSR count). The number of allylic oxidation sites excluding steroid dienone is 2. The van der Waals surface area contributed by atoms with Gasteiger partial charge in [-0.2, -0.15) is 5.10 Å². The number of likely N-dealkylation sites (tertiary alicyclic amines) is 1. The van der Waals surface area contributed by atoms with E-state index >= 15 is 0 Å². The summed E-state index contributed by atoms with van der Waals surface area (Å²) in [4.78, 5) is 26.2.